The van der Waals surface area contributed by atoms with E-state index in [1.165, 1.54) is 18.2 Å². The highest BCUT2D eigenvalue weighted by atomic mass is 16.2. The number of fused-ring (bicyclic) bond motifs is 1. The lowest BCUT2D eigenvalue weighted by molar-refractivity contribution is -0.116. The molecular weight excluding hydrogens is 308 g/mol. The molecule has 0 bridgehead atoms. The van der Waals surface area contributed by atoms with E-state index in [-0.39, 0.29) is 16.8 Å². The van der Waals surface area contributed by atoms with Gasteiger partial charge in [0.25, 0.3) is 11.8 Å². The molecule has 3 N–H and O–H groups in total. The number of amides is 3. The summed E-state index contributed by atoms with van der Waals surface area (Å²) in [5.41, 5.74) is 7.07. The van der Waals surface area contributed by atoms with Gasteiger partial charge in [-0.2, -0.15) is 5.26 Å². The van der Waals surface area contributed by atoms with Crippen molar-refractivity contribution in [2.45, 2.75) is 0 Å². The van der Waals surface area contributed by atoms with Gasteiger partial charge in [0.1, 0.15) is 6.54 Å². The van der Waals surface area contributed by atoms with Gasteiger partial charge in [0.05, 0.1) is 22.8 Å². The molecule has 0 aromatic heterocycles. The van der Waals surface area contributed by atoms with E-state index in [9.17, 15) is 14.4 Å². The molecule has 0 unspecified atom stereocenters. The maximum Gasteiger partial charge on any atom is 0.264 e. The fraction of sp³-hybridized carbons (Fsp3) is 0.0588. The maximum atomic E-state index is 12.3. The molecule has 0 saturated carbocycles. The lowest BCUT2D eigenvalue weighted by Gasteiger charge is -2.13. The van der Waals surface area contributed by atoms with Crippen LogP contribution < -0.4 is 11.1 Å². The van der Waals surface area contributed by atoms with Crippen LogP contribution in [-0.2, 0) is 4.79 Å². The zero-order valence-corrected chi connectivity index (χ0v) is 12.4. The monoisotopic (exact) mass is 320 g/mol. The molecule has 0 spiro atoms. The second kappa shape index (κ2) is 5.85. The van der Waals surface area contributed by atoms with Crippen LogP contribution in [0.25, 0.3) is 0 Å². The predicted molar refractivity (Wildman–Crippen MR) is 86.0 cm³/mol. The van der Waals surface area contributed by atoms with Gasteiger partial charge in [-0.05, 0) is 30.3 Å². The predicted octanol–water partition coefficient (Wildman–Crippen LogP) is 1.38. The molecule has 0 saturated heterocycles. The third-order valence-corrected chi connectivity index (χ3v) is 3.61. The van der Waals surface area contributed by atoms with E-state index in [1.54, 1.807) is 24.3 Å². The zero-order chi connectivity index (χ0) is 17.3. The van der Waals surface area contributed by atoms with Crippen LogP contribution in [0.5, 0.6) is 0 Å². The Morgan fingerprint density at radius 2 is 1.92 bits per heavy atom. The number of hydrogen-bond donors (Lipinski definition) is 2. The number of nitrogens with one attached hydrogen (secondary N) is 1. The fourth-order valence-corrected chi connectivity index (χ4v) is 2.51. The second-order valence-electron chi connectivity index (χ2n) is 5.21. The molecule has 2 aromatic rings. The molecule has 0 radical (unpaired) electrons. The van der Waals surface area contributed by atoms with Crippen molar-refractivity contribution in [1.29, 1.82) is 5.26 Å². The van der Waals surface area contributed by atoms with Gasteiger partial charge in [0.15, 0.2) is 0 Å². The van der Waals surface area contributed by atoms with Crippen molar-refractivity contribution in [2.75, 3.05) is 17.6 Å². The minimum Gasteiger partial charge on any atom is -0.398 e. The summed E-state index contributed by atoms with van der Waals surface area (Å²) in [7, 11) is 0. The minimum atomic E-state index is -0.589. The Morgan fingerprint density at radius 1 is 1.17 bits per heavy atom. The molecule has 1 aliphatic heterocycles. The van der Waals surface area contributed by atoms with E-state index in [4.69, 9.17) is 11.0 Å². The summed E-state index contributed by atoms with van der Waals surface area (Å²) in [5.74, 6) is -1.68. The summed E-state index contributed by atoms with van der Waals surface area (Å²) in [6.07, 6.45) is 0. The van der Waals surface area contributed by atoms with Crippen molar-refractivity contribution in [2.24, 2.45) is 0 Å². The molecule has 0 fully saturated rings. The number of anilines is 2. The van der Waals surface area contributed by atoms with Crippen molar-refractivity contribution in [3.8, 4) is 6.07 Å². The van der Waals surface area contributed by atoms with Gasteiger partial charge in [-0.3, -0.25) is 19.3 Å². The Bertz CT molecular complexity index is 914. The molecule has 0 aliphatic carbocycles. The summed E-state index contributed by atoms with van der Waals surface area (Å²) < 4.78 is 0. The number of nitrogen functional groups attached to an aromatic ring is 1. The molecule has 7 nitrogen and oxygen atoms in total. The number of carbonyl (C=O) groups is 3. The van der Waals surface area contributed by atoms with Gasteiger partial charge in [-0.1, -0.05) is 12.1 Å². The second-order valence-corrected chi connectivity index (χ2v) is 5.21. The minimum absolute atomic E-state index is 0.127. The van der Waals surface area contributed by atoms with E-state index < -0.39 is 24.3 Å². The van der Waals surface area contributed by atoms with Crippen molar-refractivity contribution < 1.29 is 14.4 Å². The third-order valence-electron chi connectivity index (χ3n) is 3.61. The Hall–Kier alpha value is -3.66. The number of nitriles is 1. The first kappa shape index (κ1) is 15.2. The van der Waals surface area contributed by atoms with E-state index in [0.29, 0.717) is 11.3 Å². The molecule has 7 heteroatoms. The maximum absolute atomic E-state index is 12.3. The molecule has 2 aromatic carbocycles. The van der Waals surface area contributed by atoms with E-state index >= 15 is 0 Å². The van der Waals surface area contributed by atoms with Crippen LogP contribution in [0.4, 0.5) is 11.4 Å². The first-order valence-corrected chi connectivity index (χ1v) is 7.06. The van der Waals surface area contributed by atoms with Crippen molar-refractivity contribution in [3.63, 3.8) is 0 Å². The normalized spacial score (nSPS) is 12.7. The third kappa shape index (κ3) is 2.57. The lowest BCUT2D eigenvalue weighted by atomic mass is 10.1. The first-order valence-electron chi connectivity index (χ1n) is 7.06. The van der Waals surface area contributed by atoms with Crippen LogP contribution in [0, 0.1) is 11.3 Å². The number of benzene rings is 2. The molecule has 1 aliphatic rings. The quantitative estimate of drug-likeness (QED) is 0.654. The zero-order valence-electron chi connectivity index (χ0n) is 12.4. The summed E-state index contributed by atoms with van der Waals surface area (Å²) >= 11 is 0. The smallest absolute Gasteiger partial charge is 0.264 e. The molecular formula is C17H12N4O3. The van der Waals surface area contributed by atoms with E-state index in [0.717, 1.165) is 4.90 Å². The topological polar surface area (TPSA) is 116 Å². The molecule has 3 rings (SSSR count). The molecule has 24 heavy (non-hydrogen) atoms. The summed E-state index contributed by atoms with van der Waals surface area (Å²) in [6, 6.07) is 12.9. The van der Waals surface area contributed by atoms with Gasteiger partial charge in [-0.15, -0.1) is 0 Å². The number of carbonyl (C=O) groups excluding carboxylic acids is 3. The van der Waals surface area contributed by atoms with Crippen LogP contribution in [0.1, 0.15) is 26.3 Å². The van der Waals surface area contributed by atoms with Gasteiger partial charge < -0.3 is 11.1 Å². The van der Waals surface area contributed by atoms with Gasteiger partial charge in [-0.25, -0.2) is 0 Å². The van der Waals surface area contributed by atoms with Crippen LogP contribution >= 0.6 is 0 Å². The van der Waals surface area contributed by atoms with E-state index in [2.05, 4.69) is 5.32 Å². The van der Waals surface area contributed by atoms with Gasteiger partial charge >= 0.3 is 0 Å². The fourth-order valence-electron chi connectivity index (χ4n) is 2.51. The number of hydrogen-bond acceptors (Lipinski definition) is 5. The van der Waals surface area contributed by atoms with Crippen LogP contribution in [-0.4, -0.2) is 29.2 Å². The number of nitrogens with zero attached hydrogens (tertiary/aromatic N) is 2. The molecule has 3 amide bonds. The number of nitrogens with two attached hydrogens (primary N) is 1. The summed E-state index contributed by atoms with van der Waals surface area (Å²) in [4.78, 5) is 37.6. The van der Waals surface area contributed by atoms with E-state index in [1.807, 2.05) is 6.07 Å². The highest BCUT2D eigenvalue weighted by molar-refractivity contribution is 6.24. The first-order chi connectivity index (χ1) is 11.5. The van der Waals surface area contributed by atoms with Crippen molar-refractivity contribution in [3.05, 3.63) is 59.2 Å². The molecule has 118 valence electrons. The van der Waals surface area contributed by atoms with Crippen molar-refractivity contribution in [1.82, 2.24) is 4.90 Å². The summed E-state index contributed by atoms with van der Waals surface area (Å²) in [6.45, 7) is -0.428. The largest absolute Gasteiger partial charge is 0.398 e. The highest BCUT2D eigenvalue weighted by Crippen LogP contribution is 2.27. The van der Waals surface area contributed by atoms with Gasteiger partial charge in [0.2, 0.25) is 5.91 Å². The Kier molecular flexibility index (Phi) is 3.72. The average molecular weight is 320 g/mol. The summed E-state index contributed by atoms with van der Waals surface area (Å²) in [5, 5.41) is 11.4. The average Bonchev–Trinajstić information content (AvgIpc) is 2.81. The van der Waals surface area contributed by atoms with Crippen molar-refractivity contribution >= 4 is 29.1 Å². The lowest BCUT2D eigenvalue weighted by Crippen LogP contribution is -2.37. The van der Waals surface area contributed by atoms with Crippen LogP contribution in [0.15, 0.2) is 42.5 Å². The number of rotatable bonds is 3. The van der Waals surface area contributed by atoms with Crippen LogP contribution in [0.2, 0.25) is 0 Å². The SMILES string of the molecule is N#Cc1cccc(NC(=O)CN2C(=O)c3cccc(N)c3C2=O)c1. The Morgan fingerprint density at radius 3 is 2.62 bits per heavy atom. The Labute approximate surface area is 137 Å². The van der Waals surface area contributed by atoms with Crippen LogP contribution in [0.3, 0.4) is 0 Å². The highest BCUT2D eigenvalue weighted by Gasteiger charge is 2.37. The number of imide groups is 1. The Balaban J connectivity index is 1.76. The van der Waals surface area contributed by atoms with Gasteiger partial charge in [0, 0.05) is 11.4 Å². The molecule has 0 atom stereocenters. The molecule has 1 heterocycles. The standard InChI is InChI=1S/C17H12N4O3/c18-8-10-3-1-4-11(7-10)20-14(22)9-21-16(23)12-5-2-6-13(19)15(12)17(21)24/h1-7H,9,19H2,(H,20,22).